The maximum Gasteiger partial charge on any atom is 0.306 e. The van der Waals surface area contributed by atoms with Gasteiger partial charge in [0.25, 0.3) is 5.69 Å². The minimum absolute atomic E-state index is 0.128. The average Bonchev–Trinajstić information content (AvgIpc) is 2.87. The molecular weight excluding hydrogens is 262 g/mol. The lowest BCUT2D eigenvalue weighted by molar-refractivity contribution is -0.384. The Morgan fingerprint density at radius 2 is 2.10 bits per heavy atom. The number of hydrogen-bond acceptors (Lipinski definition) is 4. The highest BCUT2D eigenvalue weighted by Gasteiger charge is 2.34. The van der Waals surface area contributed by atoms with Crippen molar-refractivity contribution >= 4 is 17.4 Å². The Morgan fingerprint density at radius 3 is 2.75 bits per heavy atom. The van der Waals surface area contributed by atoms with Crippen LogP contribution in [0.3, 0.4) is 0 Å². The average molecular weight is 277 g/mol. The van der Waals surface area contributed by atoms with Crippen LogP contribution < -0.4 is 0 Å². The molecule has 1 aliphatic rings. The number of hydrogen-bond donors (Lipinski definition) is 1. The highest BCUT2D eigenvalue weighted by Crippen LogP contribution is 2.35. The first-order chi connectivity index (χ1) is 9.49. The molecule has 0 aliphatic heterocycles. The lowest BCUT2D eigenvalue weighted by atomic mass is 9.89. The van der Waals surface area contributed by atoms with Crippen molar-refractivity contribution in [2.75, 3.05) is 0 Å². The smallest absolute Gasteiger partial charge is 0.306 e. The molecule has 2 rings (SSSR count). The van der Waals surface area contributed by atoms with Crippen LogP contribution in [0.4, 0.5) is 5.69 Å². The molecule has 1 N–H and O–H groups in total. The molecule has 0 saturated heterocycles. The van der Waals surface area contributed by atoms with Crippen molar-refractivity contribution in [2.45, 2.75) is 25.7 Å². The molecule has 1 aromatic rings. The molecule has 6 nitrogen and oxygen atoms in total. The zero-order valence-corrected chi connectivity index (χ0v) is 10.8. The normalized spacial score (nSPS) is 21.6. The molecule has 20 heavy (non-hydrogen) atoms. The fourth-order valence-corrected chi connectivity index (χ4v) is 2.76. The summed E-state index contributed by atoms with van der Waals surface area (Å²) >= 11 is 0. The topological polar surface area (TPSA) is 97.5 Å². The second-order valence-corrected chi connectivity index (χ2v) is 5.07. The molecule has 1 aromatic carbocycles. The van der Waals surface area contributed by atoms with Gasteiger partial charge in [-0.05, 0) is 18.8 Å². The van der Waals surface area contributed by atoms with Gasteiger partial charge in [-0.15, -0.1) is 0 Å². The predicted octanol–water partition coefficient (Wildman–Crippen LogP) is 2.67. The maximum atomic E-state index is 12.1. The molecule has 1 aliphatic carbocycles. The third-order valence-corrected chi connectivity index (χ3v) is 3.80. The number of nitro groups is 1. The van der Waals surface area contributed by atoms with Gasteiger partial charge in [-0.25, -0.2) is 0 Å². The molecule has 0 aromatic heterocycles. The number of Topliss-reactive ketones (excluding diaryl/α,β-unsaturated/α-hetero) is 1. The first kappa shape index (κ1) is 14.2. The predicted molar refractivity (Wildman–Crippen MR) is 70.5 cm³/mol. The van der Waals surface area contributed by atoms with Gasteiger partial charge < -0.3 is 5.11 Å². The highest BCUT2D eigenvalue weighted by molar-refractivity contribution is 5.97. The van der Waals surface area contributed by atoms with E-state index >= 15 is 0 Å². The Morgan fingerprint density at radius 1 is 1.35 bits per heavy atom. The molecule has 0 heterocycles. The van der Waals surface area contributed by atoms with E-state index in [-0.39, 0.29) is 29.4 Å². The standard InChI is InChI=1S/C14H15NO5/c16-13(8-9-3-2-6-12(9)14(17)18)10-4-1-5-11(7-10)15(19)20/h1,4-5,7,9,12H,2-3,6,8H2,(H,17,18)/t9-,12+/m0/s1. The largest absolute Gasteiger partial charge is 0.481 e. The zero-order valence-electron chi connectivity index (χ0n) is 10.8. The van der Waals surface area contributed by atoms with E-state index in [2.05, 4.69) is 0 Å². The molecular formula is C14H15NO5. The number of ketones is 1. The number of aliphatic carboxylic acids is 1. The lowest BCUT2D eigenvalue weighted by Crippen LogP contribution is -2.20. The Kier molecular flexibility index (Phi) is 4.12. The van der Waals surface area contributed by atoms with Crippen molar-refractivity contribution < 1.29 is 19.6 Å². The molecule has 0 spiro atoms. The molecule has 1 saturated carbocycles. The molecule has 0 amide bonds. The summed E-state index contributed by atoms with van der Waals surface area (Å²) in [7, 11) is 0. The van der Waals surface area contributed by atoms with E-state index in [1.165, 1.54) is 24.3 Å². The molecule has 0 unspecified atom stereocenters. The van der Waals surface area contributed by atoms with Gasteiger partial charge in [0.15, 0.2) is 5.78 Å². The minimum Gasteiger partial charge on any atom is -0.481 e. The second kappa shape index (κ2) is 5.81. The summed E-state index contributed by atoms with van der Waals surface area (Å²) in [5.41, 5.74) is 0.146. The fourth-order valence-electron chi connectivity index (χ4n) is 2.76. The molecule has 6 heteroatoms. The van der Waals surface area contributed by atoms with Crippen LogP contribution in [-0.2, 0) is 4.79 Å². The van der Waals surface area contributed by atoms with Gasteiger partial charge in [-0.1, -0.05) is 18.6 Å². The second-order valence-electron chi connectivity index (χ2n) is 5.07. The van der Waals surface area contributed by atoms with Gasteiger partial charge in [0, 0.05) is 24.1 Å². The van der Waals surface area contributed by atoms with E-state index in [9.17, 15) is 19.7 Å². The number of nitrogens with zero attached hydrogens (tertiary/aromatic N) is 1. The van der Waals surface area contributed by atoms with E-state index in [0.717, 1.165) is 12.8 Å². The number of carboxylic acids is 1. The Labute approximate surface area is 115 Å². The van der Waals surface area contributed by atoms with Crippen molar-refractivity contribution in [3.63, 3.8) is 0 Å². The number of carbonyl (C=O) groups excluding carboxylic acids is 1. The third kappa shape index (κ3) is 3.01. The highest BCUT2D eigenvalue weighted by atomic mass is 16.6. The first-order valence-electron chi connectivity index (χ1n) is 6.49. The molecule has 106 valence electrons. The summed E-state index contributed by atoms with van der Waals surface area (Å²) in [6, 6.07) is 5.56. The van der Waals surface area contributed by atoms with Gasteiger partial charge >= 0.3 is 5.97 Å². The summed E-state index contributed by atoms with van der Waals surface area (Å²) in [5.74, 6) is -1.73. The van der Waals surface area contributed by atoms with Crippen molar-refractivity contribution in [1.82, 2.24) is 0 Å². The van der Waals surface area contributed by atoms with Crippen LogP contribution in [0.1, 0.15) is 36.0 Å². The Bertz CT molecular complexity index is 554. The van der Waals surface area contributed by atoms with E-state index in [1.54, 1.807) is 0 Å². The number of rotatable bonds is 5. The van der Waals surface area contributed by atoms with E-state index < -0.39 is 16.8 Å². The summed E-state index contributed by atoms with van der Waals surface area (Å²) in [6.07, 6.45) is 2.27. The maximum absolute atomic E-state index is 12.1. The summed E-state index contributed by atoms with van der Waals surface area (Å²) < 4.78 is 0. The SMILES string of the molecule is O=C(C[C@@H]1CCC[C@H]1C(=O)O)c1cccc([N+](=O)[O-])c1. The monoisotopic (exact) mass is 277 g/mol. The van der Waals surface area contributed by atoms with Gasteiger partial charge in [-0.3, -0.25) is 19.7 Å². The van der Waals surface area contributed by atoms with Crippen molar-refractivity contribution in [2.24, 2.45) is 11.8 Å². The van der Waals surface area contributed by atoms with Crippen molar-refractivity contribution in [3.8, 4) is 0 Å². The number of non-ortho nitro benzene ring substituents is 1. The van der Waals surface area contributed by atoms with Crippen LogP contribution in [0.2, 0.25) is 0 Å². The summed E-state index contributed by atoms with van der Waals surface area (Å²) in [5, 5.41) is 19.8. The van der Waals surface area contributed by atoms with Crippen LogP contribution in [0.15, 0.2) is 24.3 Å². The van der Waals surface area contributed by atoms with E-state index in [0.29, 0.717) is 6.42 Å². The van der Waals surface area contributed by atoms with E-state index in [4.69, 9.17) is 5.11 Å². The fraction of sp³-hybridized carbons (Fsp3) is 0.429. The zero-order chi connectivity index (χ0) is 14.7. The van der Waals surface area contributed by atoms with Crippen LogP contribution >= 0.6 is 0 Å². The molecule has 2 atom stereocenters. The van der Waals surface area contributed by atoms with Crippen LogP contribution in [0.25, 0.3) is 0 Å². The van der Waals surface area contributed by atoms with Crippen molar-refractivity contribution in [3.05, 3.63) is 39.9 Å². The number of carbonyl (C=O) groups is 2. The quantitative estimate of drug-likeness (QED) is 0.507. The summed E-state index contributed by atoms with van der Waals surface area (Å²) in [6.45, 7) is 0. The van der Waals surface area contributed by atoms with Gasteiger partial charge in [0.1, 0.15) is 0 Å². The number of carboxylic acid groups (broad SMARTS) is 1. The Hall–Kier alpha value is -2.24. The molecule has 0 bridgehead atoms. The van der Waals surface area contributed by atoms with Crippen molar-refractivity contribution in [1.29, 1.82) is 0 Å². The van der Waals surface area contributed by atoms with Crippen LogP contribution in [0, 0.1) is 22.0 Å². The first-order valence-corrected chi connectivity index (χ1v) is 6.49. The Balaban J connectivity index is 2.10. The third-order valence-electron chi connectivity index (χ3n) is 3.80. The number of nitro benzene ring substituents is 1. The summed E-state index contributed by atoms with van der Waals surface area (Å²) in [4.78, 5) is 33.3. The minimum atomic E-state index is -0.862. The molecule has 0 radical (unpaired) electrons. The van der Waals surface area contributed by atoms with Gasteiger partial charge in [-0.2, -0.15) is 0 Å². The van der Waals surface area contributed by atoms with Crippen LogP contribution in [-0.4, -0.2) is 21.8 Å². The van der Waals surface area contributed by atoms with Crippen LogP contribution in [0.5, 0.6) is 0 Å². The van der Waals surface area contributed by atoms with Gasteiger partial charge in [0.2, 0.25) is 0 Å². The van der Waals surface area contributed by atoms with Gasteiger partial charge in [0.05, 0.1) is 10.8 Å². The molecule has 1 fully saturated rings. The number of benzene rings is 1. The van der Waals surface area contributed by atoms with E-state index in [1.807, 2.05) is 0 Å². The lowest BCUT2D eigenvalue weighted by Gasteiger charge is -2.14.